The molecule has 1 aliphatic rings. The van der Waals surface area contributed by atoms with Gasteiger partial charge in [-0.15, -0.1) is 0 Å². The highest BCUT2D eigenvalue weighted by Gasteiger charge is 2.47. The summed E-state index contributed by atoms with van der Waals surface area (Å²) < 4.78 is 3.05. The van der Waals surface area contributed by atoms with Gasteiger partial charge in [0.2, 0.25) is 0 Å². The predicted octanol–water partition coefficient (Wildman–Crippen LogP) is 2.89. The number of halogens is 1. The Bertz CT molecular complexity index is 617. The van der Waals surface area contributed by atoms with Crippen LogP contribution in [0, 0.1) is 11.3 Å². The standard InChI is InChI=1S/C12H10BrN3/c1-16-10-4-8(13)6-15-9(10)5-11(16)12(7-14)2-3-12/h4-6H,2-3H2,1H3. The summed E-state index contributed by atoms with van der Waals surface area (Å²) in [5.74, 6) is 0. The molecule has 2 aromatic rings. The van der Waals surface area contributed by atoms with E-state index in [1.54, 1.807) is 6.20 Å². The molecule has 2 heterocycles. The lowest BCUT2D eigenvalue weighted by Crippen LogP contribution is -2.08. The highest BCUT2D eigenvalue weighted by Crippen LogP contribution is 2.48. The van der Waals surface area contributed by atoms with E-state index < -0.39 is 0 Å². The molecule has 0 atom stereocenters. The van der Waals surface area contributed by atoms with Gasteiger partial charge in [0.05, 0.1) is 22.5 Å². The van der Waals surface area contributed by atoms with Crippen LogP contribution >= 0.6 is 15.9 Å². The highest BCUT2D eigenvalue weighted by molar-refractivity contribution is 9.10. The molecule has 4 heteroatoms. The van der Waals surface area contributed by atoms with Crippen molar-refractivity contribution < 1.29 is 0 Å². The maximum atomic E-state index is 9.22. The first kappa shape index (κ1) is 9.86. The van der Waals surface area contributed by atoms with E-state index in [1.807, 2.05) is 19.2 Å². The van der Waals surface area contributed by atoms with Crippen LogP contribution in [0.1, 0.15) is 18.5 Å². The molecule has 0 spiro atoms. The van der Waals surface area contributed by atoms with Crippen molar-refractivity contribution in [3.05, 3.63) is 28.5 Å². The molecule has 1 saturated carbocycles. The lowest BCUT2D eigenvalue weighted by atomic mass is 10.1. The summed E-state index contributed by atoms with van der Waals surface area (Å²) in [6.07, 6.45) is 3.72. The number of pyridine rings is 1. The SMILES string of the molecule is Cn1c(C2(C#N)CC2)cc2ncc(Br)cc21. The van der Waals surface area contributed by atoms with Crippen molar-refractivity contribution >= 4 is 27.0 Å². The summed E-state index contributed by atoms with van der Waals surface area (Å²) in [6, 6.07) is 6.51. The first-order chi connectivity index (χ1) is 7.66. The Balaban J connectivity index is 2.29. The maximum absolute atomic E-state index is 9.22. The molecule has 0 bridgehead atoms. The van der Waals surface area contributed by atoms with Gasteiger partial charge in [-0.1, -0.05) is 0 Å². The van der Waals surface area contributed by atoms with Crippen molar-refractivity contribution in [2.24, 2.45) is 7.05 Å². The zero-order valence-electron chi connectivity index (χ0n) is 8.87. The number of hydrogen-bond donors (Lipinski definition) is 0. The monoisotopic (exact) mass is 275 g/mol. The fourth-order valence-corrected chi connectivity index (χ4v) is 2.50. The highest BCUT2D eigenvalue weighted by atomic mass is 79.9. The van der Waals surface area contributed by atoms with Crippen LogP contribution in [0.4, 0.5) is 0 Å². The summed E-state index contributed by atoms with van der Waals surface area (Å²) in [7, 11) is 2.00. The third-order valence-electron chi connectivity index (χ3n) is 3.31. The van der Waals surface area contributed by atoms with Crippen LogP contribution in [0.3, 0.4) is 0 Å². The molecule has 1 fully saturated rings. The van der Waals surface area contributed by atoms with Crippen molar-refractivity contribution in [2.45, 2.75) is 18.3 Å². The summed E-state index contributed by atoms with van der Waals surface area (Å²) in [5.41, 5.74) is 2.88. The largest absolute Gasteiger partial charge is 0.345 e. The van der Waals surface area contributed by atoms with Crippen LogP contribution in [0.25, 0.3) is 11.0 Å². The number of fused-ring (bicyclic) bond motifs is 1. The Hall–Kier alpha value is -1.34. The molecular formula is C12H10BrN3. The van der Waals surface area contributed by atoms with E-state index in [2.05, 4.69) is 31.6 Å². The number of aromatic nitrogens is 2. The van der Waals surface area contributed by atoms with Gasteiger partial charge >= 0.3 is 0 Å². The molecule has 0 N–H and O–H groups in total. The Kier molecular flexibility index (Phi) is 1.90. The molecule has 80 valence electrons. The molecule has 3 nitrogen and oxygen atoms in total. The molecule has 2 aromatic heterocycles. The van der Waals surface area contributed by atoms with Crippen LogP contribution in [0.2, 0.25) is 0 Å². The number of aryl methyl sites for hydroxylation is 1. The van der Waals surface area contributed by atoms with Gasteiger partial charge in [0.15, 0.2) is 0 Å². The van der Waals surface area contributed by atoms with Gasteiger partial charge in [-0.3, -0.25) is 4.98 Å². The molecular weight excluding hydrogens is 266 g/mol. The van der Waals surface area contributed by atoms with Crippen molar-refractivity contribution in [2.75, 3.05) is 0 Å². The number of hydrogen-bond acceptors (Lipinski definition) is 2. The molecule has 1 aliphatic carbocycles. The molecule has 0 unspecified atom stereocenters. The average molecular weight is 276 g/mol. The molecule has 0 aromatic carbocycles. The van der Waals surface area contributed by atoms with E-state index in [4.69, 9.17) is 0 Å². The minimum atomic E-state index is -0.248. The zero-order valence-corrected chi connectivity index (χ0v) is 10.5. The Labute approximate surface area is 102 Å². The lowest BCUT2D eigenvalue weighted by Gasteiger charge is -2.07. The number of nitrogens with zero attached hydrogens (tertiary/aromatic N) is 3. The second-order valence-corrected chi connectivity index (χ2v) is 5.26. The smallest absolute Gasteiger partial charge is 0.0975 e. The fraction of sp³-hybridized carbons (Fsp3) is 0.333. The summed E-state index contributed by atoms with van der Waals surface area (Å²) in [4.78, 5) is 4.36. The maximum Gasteiger partial charge on any atom is 0.0975 e. The van der Waals surface area contributed by atoms with Crippen LogP contribution in [-0.2, 0) is 12.5 Å². The summed E-state index contributed by atoms with van der Waals surface area (Å²) in [5, 5.41) is 9.22. The van der Waals surface area contributed by atoms with Crippen molar-refractivity contribution in [1.29, 1.82) is 5.26 Å². The van der Waals surface area contributed by atoms with Crippen LogP contribution in [-0.4, -0.2) is 9.55 Å². The zero-order chi connectivity index (χ0) is 11.3. The first-order valence-corrected chi connectivity index (χ1v) is 5.98. The van der Waals surface area contributed by atoms with Crippen LogP contribution in [0.5, 0.6) is 0 Å². The minimum Gasteiger partial charge on any atom is -0.345 e. The Morgan fingerprint density at radius 2 is 2.25 bits per heavy atom. The third-order valence-corrected chi connectivity index (χ3v) is 3.75. The second kappa shape index (κ2) is 3.08. The topological polar surface area (TPSA) is 41.6 Å². The summed E-state index contributed by atoms with van der Waals surface area (Å²) in [6.45, 7) is 0. The van der Waals surface area contributed by atoms with E-state index in [9.17, 15) is 5.26 Å². The van der Waals surface area contributed by atoms with Gasteiger partial charge < -0.3 is 4.57 Å². The van der Waals surface area contributed by atoms with E-state index in [0.29, 0.717) is 0 Å². The molecule has 3 rings (SSSR count). The minimum absolute atomic E-state index is 0.248. The van der Waals surface area contributed by atoms with E-state index in [-0.39, 0.29) is 5.41 Å². The van der Waals surface area contributed by atoms with Crippen LogP contribution < -0.4 is 0 Å². The average Bonchev–Trinajstić information content (AvgIpc) is 3.01. The number of nitriles is 1. The fourth-order valence-electron chi connectivity index (χ4n) is 2.18. The van der Waals surface area contributed by atoms with E-state index in [1.165, 1.54) is 0 Å². The van der Waals surface area contributed by atoms with Gasteiger partial charge in [-0.2, -0.15) is 5.26 Å². The molecule has 16 heavy (non-hydrogen) atoms. The van der Waals surface area contributed by atoms with Crippen molar-refractivity contribution in [1.82, 2.24) is 9.55 Å². The second-order valence-electron chi connectivity index (χ2n) is 4.34. The van der Waals surface area contributed by atoms with Gasteiger partial charge in [0.1, 0.15) is 0 Å². The molecule has 0 amide bonds. The van der Waals surface area contributed by atoms with Crippen molar-refractivity contribution in [3.63, 3.8) is 0 Å². The molecule has 0 saturated heterocycles. The van der Waals surface area contributed by atoms with Crippen molar-refractivity contribution in [3.8, 4) is 6.07 Å². The number of rotatable bonds is 1. The summed E-state index contributed by atoms with van der Waals surface area (Å²) >= 11 is 3.42. The Morgan fingerprint density at radius 1 is 1.50 bits per heavy atom. The van der Waals surface area contributed by atoms with Gasteiger partial charge in [0.25, 0.3) is 0 Å². The van der Waals surface area contributed by atoms with E-state index >= 15 is 0 Å². The van der Waals surface area contributed by atoms with Crippen LogP contribution in [0.15, 0.2) is 22.8 Å². The molecule has 0 aliphatic heterocycles. The van der Waals surface area contributed by atoms with Gasteiger partial charge in [-0.05, 0) is 40.9 Å². The lowest BCUT2D eigenvalue weighted by molar-refractivity contribution is 0.771. The van der Waals surface area contributed by atoms with E-state index in [0.717, 1.165) is 34.0 Å². The normalized spacial score (nSPS) is 17.3. The van der Waals surface area contributed by atoms with Gasteiger partial charge in [-0.25, -0.2) is 0 Å². The quantitative estimate of drug-likeness (QED) is 0.803. The Morgan fingerprint density at radius 3 is 2.88 bits per heavy atom. The molecule has 0 radical (unpaired) electrons. The third kappa shape index (κ3) is 1.21. The predicted molar refractivity (Wildman–Crippen MR) is 64.9 cm³/mol. The first-order valence-electron chi connectivity index (χ1n) is 5.19. The van der Waals surface area contributed by atoms with Gasteiger partial charge in [0, 0.05) is 23.4 Å².